The van der Waals surface area contributed by atoms with Crippen LogP contribution < -0.4 is 5.73 Å². The molecule has 2 heterocycles. The first-order valence-electron chi connectivity index (χ1n) is 7.05. The van der Waals surface area contributed by atoms with Crippen LogP contribution in [-0.2, 0) is 13.1 Å². The Bertz CT molecular complexity index is 571. The summed E-state index contributed by atoms with van der Waals surface area (Å²) in [5, 5.41) is 12.9. The largest absolute Gasteiger partial charge is 0.382 e. The summed E-state index contributed by atoms with van der Waals surface area (Å²) in [7, 11) is 0. The topological polar surface area (TPSA) is 83.8 Å². The molecule has 2 rings (SSSR count). The van der Waals surface area contributed by atoms with Crippen molar-refractivity contribution in [1.29, 1.82) is 5.26 Å². The number of nitrogens with two attached hydrogens (primary N) is 1. The van der Waals surface area contributed by atoms with Gasteiger partial charge in [-0.05, 0) is 24.1 Å². The van der Waals surface area contributed by atoms with Crippen molar-refractivity contribution in [2.24, 2.45) is 0 Å². The summed E-state index contributed by atoms with van der Waals surface area (Å²) in [6.07, 6.45) is 7.02. The number of nitrogens with zero attached hydrogens (tertiary/aromatic N) is 5. The highest BCUT2D eigenvalue weighted by Gasteiger charge is 2.06. The number of aryl methyl sites for hydroxylation is 1. The van der Waals surface area contributed by atoms with Crippen molar-refractivity contribution in [3.8, 4) is 6.07 Å². The van der Waals surface area contributed by atoms with Gasteiger partial charge in [-0.25, -0.2) is 0 Å². The van der Waals surface area contributed by atoms with Crippen LogP contribution in [0.4, 0.5) is 5.82 Å². The summed E-state index contributed by atoms with van der Waals surface area (Å²) in [6.45, 7) is 3.33. The maximum absolute atomic E-state index is 8.77. The molecule has 0 radical (unpaired) electrons. The predicted octanol–water partition coefficient (Wildman–Crippen LogP) is 1.67. The lowest BCUT2D eigenvalue weighted by molar-refractivity contribution is 0.261. The van der Waals surface area contributed by atoms with E-state index >= 15 is 0 Å². The molecule has 0 aliphatic heterocycles. The minimum absolute atomic E-state index is 0.537. The molecule has 0 saturated heterocycles. The Morgan fingerprint density at radius 3 is 2.90 bits per heavy atom. The van der Waals surface area contributed by atoms with Crippen molar-refractivity contribution in [3.05, 3.63) is 42.4 Å². The quantitative estimate of drug-likeness (QED) is 0.797. The lowest BCUT2D eigenvalue weighted by Crippen LogP contribution is -2.26. The molecule has 110 valence electrons. The van der Waals surface area contributed by atoms with Crippen molar-refractivity contribution >= 4 is 5.82 Å². The molecule has 6 heteroatoms. The Labute approximate surface area is 124 Å². The average Bonchev–Trinajstić information content (AvgIpc) is 2.91. The summed E-state index contributed by atoms with van der Waals surface area (Å²) in [5.41, 5.74) is 6.76. The van der Waals surface area contributed by atoms with Gasteiger partial charge in [0.15, 0.2) is 0 Å². The zero-order chi connectivity index (χ0) is 14.9. The summed E-state index contributed by atoms with van der Waals surface area (Å²) < 4.78 is 1.85. The van der Waals surface area contributed by atoms with E-state index < -0.39 is 0 Å². The maximum Gasteiger partial charge on any atom is 0.145 e. The molecular weight excluding hydrogens is 264 g/mol. The first-order valence-corrected chi connectivity index (χ1v) is 7.05. The fourth-order valence-electron chi connectivity index (χ4n) is 2.19. The van der Waals surface area contributed by atoms with E-state index in [1.807, 2.05) is 23.1 Å². The van der Waals surface area contributed by atoms with Crippen LogP contribution in [0.25, 0.3) is 0 Å². The van der Waals surface area contributed by atoms with Gasteiger partial charge < -0.3 is 5.73 Å². The van der Waals surface area contributed by atoms with Gasteiger partial charge in [0.25, 0.3) is 0 Å². The van der Waals surface area contributed by atoms with Crippen LogP contribution in [0.2, 0.25) is 0 Å². The highest BCUT2D eigenvalue weighted by Crippen LogP contribution is 2.05. The molecule has 0 saturated carbocycles. The number of nitrogen functional groups attached to an aromatic ring is 1. The third kappa shape index (κ3) is 5.24. The van der Waals surface area contributed by atoms with Crippen molar-refractivity contribution in [2.45, 2.75) is 25.9 Å². The first-order chi connectivity index (χ1) is 10.3. The van der Waals surface area contributed by atoms with Crippen LogP contribution in [0, 0.1) is 11.3 Å². The van der Waals surface area contributed by atoms with E-state index in [1.165, 1.54) is 5.56 Å². The lowest BCUT2D eigenvalue weighted by atomic mass is 10.2. The number of aromatic nitrogens is 3. The normalized spacial score (nSPS) is 10.7. The van der Waals surface area contributed by atoms with E-state index in [0.29, 0.717) is 12.2 Å². The minimum atomic E-state index is 0.537. The van der Waals surface area contributed by atoms with Crippen LogP contribution in [0.1, 0.15) is 18.4 Å². The van der Waals surface area contributed by atoms with Crippen LogP contribution in [0.15, 0.2) is 36.8 Å². The molecule has 2 aromatic rings. The summed E-state index contributed by atoms with van der Waals surface area (Å²) in [4.78, 5) is 6.40. The number of anilines is 1. The molecule has 0 aromatic carbocycles. The molecule has 0 aliphatic carbocycles. The van der Waals surface area contributed by atoms with Crippen molar-refractivity contribution < 1.29 is 0 Å². The number of pyridine rings is 1. The molecule has 2 aromatic heterocycles. The fourth-order valence-corrected chi connectivity index (χ4v) is 2.19. The molecule has 0 aliphatic rings. The van der Waals surface area contributed by atoms with Crippen LogP contribution in [0.3, 0.4) is 0 Å². The third-order valence-electron chi connectivity index (χ3n) is 3.19. The Morgan fingerprint density at radius 1 is 1.33 bits per heavy atom. The second-order valence-electron chi connectivity index (χ2n) is 4.90. The van der Waals surface area contributed by atoms with E-state index in [0.717, 1.165) is 32.6 Å². The van der Waals surface area contributed by atoms with Gasteiger partial charge in [0, 0.05) is 51.2 Å². The Kier molecular flexibility index (Phi) is 5.73. The monoisotopic (exact) mass is 284 g/mol. The van der Waals surface area contributed by atoms with E-state index in [4.69, 9.17) is 11.0 Å². The molecule has 0 amide bonds. The fraction of sp³-hybridized carbons (Fsp3) is 0.400. The summed E-state index contributed by atoms with van der Waals surface area (Å²) >= 11 is 0. The van der Waals surface area contributed by atoms with Gasteiger partial charge in [-0.3, -0.25) is 14.6 Å². The van der Waals surface area contributed by atoms with Crippen molar-refractivity contribution in [3.63, 3.8) is 0 Å². The van der Waals surface area contributed by atoms with Gasteiger partial charge in [0.05, 0.1) is 6.07 Å². The number of hydrogen-bond acceptors (Lipinski definition) is 5. The van der Waals surface area contributed by atoms with E-state index in [1.54, 1.807) is 12.3 Å². The molecule has 0 spiro atoms. The van der Waals surface area contributed by atoms with E-state index in [9.17, 15) is 0 Å². The van der Waals surface area contributed by atoms with Gasteiger partial charge in [0.1, 0.15) is 5.82 Å². The zero-order valence-corrected chi connectivity index (χ0v) is 12.0. The second kappa shape index (κ2) is 8.02. The third-order valence-corrected chi connectivity index (χ3v) is 3.19. The first kappa shape index (κ1) is 15.0. The summed E-state index contributed by atoms with van der Waals surface area (Å²) in [6, 6.07) is 7.99. The van der Waals surface area contributed by atoms with Gasteiger partial charge in [0.2, 0.25) is 0 Å². The SMILES string of the molecule is N#CCCN(CCCn1ccc(N)n1)Cc1cccnc1. The zero-order valence-electron chi connectivity index (χ0n) is 12.0. The Balaban J connectivity index is 1.83. The molecule has 6 nitrogen and oxygen atoms in total. The standard InChI is InChI=1S/C15H20N6/c16-6-2-8-20(13-14-4-1-7-18-12-14)9-3-10-21-11-5-15(17)19-21/h1,4-5,7,11-12H,2-3,8-10,13H2,(H2,17,19). The Morgan fingerprint density at radius 2 is 2.24 bits per heavy atom. The lowest BCUT2D eigenvalue weighted by Gasteiger charge is -2.21. The van der Waals surface area contributed by atoms with Crippen molar-refractivity contribution in [1.82, 2.24) is 19.7 Å². The molecule has 0 fully saturated rings. The van der Waals surface area contributed by atoms with Crippen LogP contribution in [0.5, 0.6) is 0 Å². The van der Waals surface area contributed by atoms with Crippen LogP contribution in [-0.4, -0.2) is 32.8 Å². The van der Waals surface area contributed by atoms with Crippen LogP contribution >= 0.6 is 0 Å². The molecule has 0 unspecified atom stereocenters. The predicted molar refractivity (Wildman–Crippen MR) is 81.0 cm³/mol. The highest BCUT2D eigenvalue weighted by atomic mass is 15.3. The minimum Gasteiger partial charge on any atom is -0.382 e. The molecule has 21 heavy (non-hydrogen) atoms. The number of rotatable bonds is 8. The Hall–Kier alpha value is -2.39. The maximum atomic E-state index is 8.77. The highest BCUT2D eigenvalue weighted by molar-refractivity contribution is 5.23. The molecule has 2 N–H and O–H groups in total. The van der Waals surface area contributed by atoms with Gasteiger partial charge in [-0.15, -0.1) is 0 Å². The molecular formula is C15H20N6. The number of hydrogen-bond donors (Lipinski definition) is 1. The van der Waals surface area contributed by atoms with Gasteiger partial charge in [-0.1, -0.05) is 6.07 Å². The average molecular weight is 284 g/mol. The smallest absolute Gasteiger partial charge is 0.145 e. The molecule has 0 atom stereocenters. The molecule has 0 bridgehead atoms. The number of nitriles is 1. The van der Waals surface area contributed by atoms with Gasteiger partial charge >= 0.3 is 0 Å². The van der Waals surface area contributed by atoms with E-state index in [2.05, 4.69) is 27.1 Å². The van der Waals surface area contributed by atoms with Crippen molar-refractivity contribution in [2.75, 3.05) is 18.8 Å². The second-order valence-corrected chi connectivity index (χ2v) is 4.90. The van der Waals surface area contributed by atoms with Gasteiger partial charge in [-0.2, -0.15) is 10.4 Å². The summed E-state index contributed by atoms with van der Waals surface area (Å²) in [5.74, 6) is 0.548. The van der Waals surface area contributed by atoms with E-state index in [-0.39, 0.29) is 0 Å².